The van der Waals surface area contributed by atoms with Gasteiger partial charge in [0.1, 0.15) is 11.9 Å². The summed E-state index contributed by atoms with van der Waals surface area (Å²) >= 11 is 0. The Kier molecular flexibility index (Phi) is 6.62. The molecule has 2 aromatic heterocycles. The normalized spacial score (nSPS) is 18.0. The van der Waals surface area contributed by atoms with Crippen LogP contribution >= 0.6 is 0 Å². The Hall–Kier alpha value is -3.89. The van der Waals surface area contributed by atoms with E-state index in [2.05, 4.69) is 38.6 Å². The summed E-state index contributed by atoms with van der Waals surface area (Å²) in [5.74, 6) is 0.970. The van der Waals surface area contributed by atoms with E-state index in [-0.39, 0.29) is 6.04 Å². The van der Waals surface area contributed by atoms with Gasteiger partial charge in [-0.25, -0.2) is 13.4 Å². The van der Waals surface area contributed by atoms with Gasteiger partial charge in [0.05, 0.1) is 11.9 Å². The number of fused-ring (bicyclic) bond motifs is 1. The summed E-state index contributed by atoms with van der Waals surface area (Å²) in [6, 6.07) is 13.2. The molecule has 10 heteroatoms. The predicted octanol–water partition coefficient (Wildman–Crippen LogP) is 3.52. The van der Waals surface area contributed by atoms with Crippen LogP contribution in [0.2, 0.25) is 0 Å². The molecule has 3 aromatic rings. The molecule has 1 fully saturated rings. The van der Waals surface area contributed by atoms with Crippen LogP contribution in [0.5, 0.6) is 0 Å². The van der Waals surface area contributed by atoms with Crippen LogP contribution in [0.4, 0.5) is 17.2 Å². The molecule has 9 nitrogen and oxygen atoms in total. The number of benzene rings is 1. The molecule has 2 aliphatic rings. The van der Waals surface area contributed by atoms with Gasteiger partial charge in [-0.15, -0.1) is 0 Å². The van der Waals surface area contributed by atoms with E-state index in [1.54, 1.807) is 12.3 Å². The number of anilines is 3. The number of likely N-dealkylation sites (N-methyl/N-ethyl adjacent to an activating group) is 1. The minimum atomic E-state index is -3.61. The summed E-state index contributed by atoms with van der Waals surface area (Å²) in [6.45, 7) is 7.35. The van der Waals surface area contributed by atoms with E-state index in [9.17, 15) is 8.42 Å². The zero-order chi connectivity index (χ0) is 25.1. The fourth-order valence-corrected chi connectivity index (χ4v) is 4.99. The van der Waals surface area contributed by atoms with Crippen LogP contribution in [-0.2, 0) is 10.0 Å². The second-order valence-corrected chi connectivity index (χ2v) is 10.5. The van der Waals surface area contributed by atoms with Gasteiger partial charge in [-0.1, -0.05) is 18.7 Å². The molecule has 1 atom stereocenters. The van der Waals surface area contributed by atoms with Crippen molar-refractivity contribution in [1.29, 1.82) is 0 Å². The predicted molar refractivity (Wildman–Crippen MR) is 144 cm³/mol. The molecular weight excluding hydrogens is 474 g/mol. The van der Waals surface area contributed by atoms with Crippen molar-refractivity contribution in [2.24, 2.45) is 0 Å². The zero-order valence-electron chi connectivity index (χ0n) is 20.1. The number of pyridine rings is 2. The molecule has 0 amide bonds. The number of sulfonamides is 1. The van der Waals surface area contributed by atoms with Crippen molar-refractivity contribution in [3.05, 3.63) is 95.9 Å². The Balaban J connectivity index is 1.42. The lowest BCUT2D eigenvalue weighted by Gasteiger charge is -2.36. The molecule has 0 saturated carbocycles. The molecular formula is C26H29N7O2S. The first-order valence-corrected chi connectivity index (χ1v) is 13.3. The molecule has 5 rings (SSSR count). The van der Waals surface area contributed by atoms with Crippen molar-refractivity contribution >= 4 is 33.3 Å². The summed E-state index contributed by atoms with van der Waals surface area (Å²) in [6.07, 6.45) is 9.40. The smallest absolute Gasteiger partial charge is 0.254 e. The number of aromatic nitrogens is 2. The molecule has 1 unspecified atom stereocenters. The number of piperazine rings is 1. The summed E-state index contributed by atoms with van der Waals surface area (Å²) in [7, 11) is -1.48. The molecule has 4 heterocycles. The lowest BCUT2D eigenvalue weighted by atomic mass is 9.93. The summed E-state index contributed by atoms with van der Waals surface area (Å²) in [4.78, 5) is 13.6. The van der Waals surface area contributed by atoms with E-state index in [4.69, 9.17) is 4.98 Å². The Morgan fingerprint density at radius 2 is 1.89 bits per heavy atom. The lowest BCUT2D eigenvalue weighted by Crippen LogP contribution is -2.44. The van der Waals surface area contributed by atoms with E-state index in [1.165, 1.54) is 0 Å². The van der Waals surface area contributed by atoms with Crippen LogP contribution in [-0.4, -0.2) is 61.5 Å². The quantitative estimate of drug-likeness (QED) is 0.506. The highest BCUT2D eigenvalue weighted by Crippen LogP contribution is 2.36. The number of nitrogens with one attached hydrogen (secondary N) is 2. The molecule has 2 N–H and O–H groups in total. The van der Waals surface area contributed by atoms with Crippen molar-refractivity contribution < 1.29 is 8.42 Å². The average molecular weight is 504 g/mol. The Labute approximate surface area is 211 Å². The summed E-state index contributed by atoms with van der Waals surface area (Å²) in [5, 5.41) is 2.90. The van der Waals surface area contributed by atoms with E-state index in [0.717, 1.165) is 59.8 Å². The second-order valence-electron chi connectivity index (χ2n) is 8.88. The first-order valence-electron chi connectivity index (χ1n) is 11.7. The van der Waals surface area contributed by atoms with Crippen molar-refractivity contribution in [2.75, 3.05) is 48.3 Å². The Bertz CT molecular complexity index is 1370. The highest BCUT2D eigenvalue weighted by molar-refractivity contribution is 7.95. The van der Waals surface area contributed by atoms with E-state index in [0.29, 0.717) is 5.69 Å². The highest BCUT2D eigenvalue weighted by Gasteiger charge is 2.26. The maximum Gasteiger partial charge on any atom is 0.254 e. The third-order valence-corrected chi connectivity index (χ3v) is 7.35. The minimum Gasteiger partial charge on any atom is -0.354 e. The summed E-state index contributed by atoms with van der Waals surface area (Å²) in [5.41, 5.74) is 7.74. The number of hydrogen-bond acceptors (Lipinski definition) is 8. The van der Waals surface area contributed by atoms with Crippen molar-refractivity contribution in [3.63, 3.8) is 0 Å². The van der Waals surface area contributed by atoms with Gasteiger partial charge < -0.3 is 9.80 Å². The maximum absolute atomic E-state index is 12.0. The number of nitrogens with zero attached hydrogens (tertiary/aromatic N) is 5. The Morgan fingerprint density at radius 3 is 2.64 bits per heavy atom. The standard InChI is InChI=1S/C26H29N7O2S/c1-3-36(34,35)30-22-6-4-5-20(17-22)26-24-9-11-27-18-21(24)10-12-33(26)29-23-7-8-25(28-19-23)32-15-13-31(2)14-16-32/h3-12,17-19,26,29-30H,1,13-16H2,2H3. The van der Waals surface area contributed by atoms with E-state index < -0.39 is 10.0 Å². The van der Waals surface area contributed by atoms with Gasteiger partial charge in [0.15, 0.2) is 0 Å². The van der Waals surface area contributed by atoms with E-state index in [1.807, 2.05) is 66.1 Å². The molecule has 0 bridgehead atoms. The lowest BCUT2D eigenvalue weighted by molar-refractivity contribution is 0.312. The molecule has 0 spiro atoms. The van der Waals surface area contributed by atoms with E-state index >= 15 is 0 Å². The van der Waals surface area contributed by atoms with Gasteiger partial charge in [-0.2, -0.15) is 0 Å². The van der Waals surface area contributed by atoms with Gasteiger partial charge in [-0.3, -0.25) is 20.1 Å². The van der Waals surface area contributed by atoms with Gasteiger partial charge in [-0.05, 0) is 60.1 Å². The molecule has 1 aromatic carbocycles. The zero-order valence-corrected chi connectivity index (χ0v) is 20.9. The SMILES string of the molecule is C=CS(=O)(=O)Nc1cccc(C2c3ccncc3C=CN2Nc2ccc(N3CCN(C)CC3)nc2)c1. The topological polar surface area (TPSA) is 93.7 Å². The molecule has 36 heavy (non-hydrogen) atoms. The fourth-order valence-electron chi connectivity index (χ4n) is 4.45. The maximum atomic E-state index is 12.0. The largest absolute Gasteiger partial charge is 0.354 e. The third kappa shape index (κ3) is 5.19. The van der Waals surface area contributed by atoms with Crippen molar-refractivity contribution in [1.82, 2.24) is 19.9 Å². The highest BCUT2D eigenvalue weighted by atomic mass is 32.2. The first-order chi connectivity index (χ1) is 17.4. The first kappa shape index (κ1) is 23.8. The van der Waals surface area contributed by atoms with Crippen LogP contribution < -0.4 is 15.0 Å². The van der Waals surface area contributed by atoms with Gasteiger partial charge in [0.2, 0.25) is 0 Å². The van der Waals surface area contributed by atoms with Crippen LogP contribution in [0.1, 0.15) is 22.7 Å². The monoisotopic (exact) mass is 503 g/mol. The molecule has 186 valence electrons. The average Bonchev–Trinajstić information content (AvgIpc) is 2.89. The van der Waals surface area contributed by atoms with Crippen LogP contribution in [0.25, 0.3) is 6.08 Å². The van der Waals surface area contributed by atoms with Crippen molar-refractivity contribution in [3.8, 4) is 0 Å². The number of rotatable bonds is 7. The van der Waals surface area contributed by atoms with Crippen LogP contribution in [0, 0.1) is 0 Å². The van der Waals surface area contributed by atoms with Crippen molar-refractivity contribution in [2.45, 2.75) is 6.04 Å². The van der Waals surface area contributed by atoms with Gasteiger partial charge >= 0.3 is 0 Å². The van der Waals surface area contributed by atoms with Crippen LogP contribution in [0.15, 0.2) is 79.2 Å². The number of hydrazine groups is 1. The Morgan fingerprint density at radius 1 is 1.06 bits per heavy atom. The molecule has 1 saturated heterocycles. The molecule has 0 radical (unpaired) electrons. The molecule has 0 aliphatic carbocycles. The van der Waals surface area contributed by atoms with Crippen LogP contribution in [0.3, 0.4) is 0 Å². The number of hydrogen-bond donors (Lipinski definition) is 2. The van der Waals surface area contributed by atoms with Gasteiger partial charge in [0.25, 0.3) is 10.0 Å². The molecule has 2 aliphatic heterocycles. The minimum absolute atomic E-state index is 0.224. The summed E-state index contributed by atoms with van der Waals surface area (Å²) < 4.78 is 26.6. The fraction of sp³-hybridized carbons (Fsp3) is 0.231. The van der Waals surface area contributed by atoms with Gasteiger partial charge in [0, 0.05) is 55.9 Å². The second kappa shape index (κ2) is 10.00. The third-order valence-electron chi connectivity index (χ3n) is 6.39.